The molecule has 19 heavy (non-hydrogen) atoms. The maximum Gasteiger partial charge on any atom is 0.214 e. The van der Waals surface area contributed by atoms with E-state index >= 15 is 0 Å². The molecule has 0 aromatic carbocycles. The van der Waals surface area contributed by atoms with Crippen LogP contribution in [0.25, 0.3) is 0 Å². The van der Waals surface area contributed by atoms with Crippen molar-refractivity contribution in [1.29, 1.82) is 0 Å². The summed E-state index contributed by atoms with van der Waals surface area (Å²) >= 11 is 1.47. The van der Waals surface area contributed by atoms with Crippen LogP contribution < -0.4 is 5.73 Å². The zero-order valence-electron chi connectivity index (χ0n) is 11.5. The van der Waals surface area contributed by atoms with E-state index in [9.17, 15) is 0 Å². The van der Waals surface area contributed by atoms with Crippen molar-refractivity contribution in [1.82, 2.24) is 20.2 Å². The summed E-state index contributed by atoms with van der Waals surface area (Å²) < 4.78 is 0. The number of aryl methyl sites for hydroxylation is 2. The predicted octanol–water partition coefficient (Wildman–Crippen LogP) is 2.25. The molecule has 2 rings (SSSR count). The highest BCUT2D eigenvalue weighted by atomic mass is 32.2. The van der Waals surface area contributed by atoms with Gasteiger partial charge in [-0.1, -0.05) is 13.0 Å². The molecule has 2 heterocycles. The number of aromatic amines is 1. The highest BCUT2D eigenvalue weighted by Crippen LogP contribution is 2.26. The first-order valence-electron chi connectivity index (χ1n) is 6.36. The molecule has 0 spiro atoms. The number of rotatable bonds is 5. The van der Waals surface area contributed by atoms with Gasteiger partial charge in [0.2, 0.25) is 5.16 Å². The van der Waals surface area contributed by atoms with E-state index in [0.29, 0.717) is 5.16 Å². The van der Waals surface area contributed by atoms with Gasteiger partial charge in [-0.15, -0.1) is 5.10 Å². The Labute approximate surface area is 117 Å². The fourth-order valence-corrected chi connectivity index (χ4v) is 2.51. The third-order valence-corrected chi connectivity index (χ3v) is 3.86. The second-order valence-corrected chi connectivity index (χ2v) is 5.60. The van der Waals surface area contributed by atoms with Crippen molar-refractivity contribution in [2.75, 3.05) is 0 Å². The number of hydrogen-bond acceptors (Lipinski definition) is 5. The van der Waals surface area contributed by atoms with E-state index in [4.69, 9.17) is 5.73 Å². The van der Waals surface area contributed by atoms with Gasteiger partial charge in [0, 0.05) is 12.2 Å². The molecule has 2 aromatic heterocycles. The van der Waals surface area contributed by atoms with Gasteiger partial charge in [-0.05, 0) is 49.6 Å². The Morgan fingerprint density at radius 3 is 2.79 bits per heavy atom. The third-order valence-electron chi connectivity index (χ3n) is 2.87. The molecular weight excluding hydrogens is 258 g/mol. The maximum absolute atomic E-state index is 5.96. The summed E-state index contributed by atoms with van der Waals surface area (Å²) in [7, 11) is 0. The van der Waals surface area contributed by atoms with Gasteiger partial charge in [0.05, 0.1) is 0 Å². The fraction of sp³-hybridized carbons (Fsp3) is 0.462. The van der Waals surface area contributed by atoms with Gasteiger partial charge in [-0.2, -0.15) is 0 Å². The zero-order valence-corrected chi connectivity index (χ0v) is 12.3. The fourth-order valence-electron chi connectivity index (χ4n) is 1.74. The first-order chi connectivity index (χ1) is 9.08. The van der Waals surface area contributed by atoms with Crippen LogP contribution in [0.5, 0.6) is 0 Å². The topological polar surface area (TPSA) is 80.5 Å². The molecule has 102 valence electrons. The molecule has 0 bridgehead atoms. The first-order valence-corrected chi connectivity index (χ1v) is 7.18. The lowest BCUT2D eigenvalue weighted by atomic mass is 10.1. The molecule has 0 radical (unpaired) electrons. The molecule has 0 aliphatic rings. The molecule has 2 aromatic rings. The van der Waals surface area contributed by atoms with Gasteiger partial charge in [0.15, 0.2) is 0 Å². The number of hydrogen-bond donors (Lipinski definition) is 2. The molecule has 1 atom stereocenters. The van der Waals surface area contributed by atoms with Crippen LogP contribution in [0.15, 0.2) is 22.4 Å². The normalized spacial score (nSPS) is 12.6. The molecule has 6 heteroatoms. The largest absolute Gasteiger partial charge is 0.327 e. The Kier molecular flexibility index (Phi) is 4.55. The van der Waals surface area contributed by atoms with Gasteiger partial charge in [-0.3, -0.25) is 5.10 Å². The summed E-state index contributed by atoms with van der Waals surface area (Å²) in [5.74, 6) is 0.811. The number of nitrogens with two attached hydrogens (primary N) is 1. The molecule has 0 aliphatic heterocycles. The molecule has 0 saturated carbocycles. The highest BCUT2D eigenvalue weighted by molar-refractivity contribution is 7.99. The molecule has 0 saturated heterocycles. The summed E-state index contributed by atoms with van der Waals surface area (Å²) in [6, 6.07) is 2.35. The Morgan fingerprint density at radius 2 is 2.21 bits per heavy atom. The van der Waals surface area contributed by atoms with Gasteiger partial charge >= 0.3 is 0 Å². The lowest BCUT2D eigenvalue weighted by Gasteiger charge is -2.10. The molecular formula is C13H19N5S. The van der Waals surface area contributed by atoms with Crippen LogP contribution in [0.4, 0.5) is 0 Å². The summed E-state index contributed by atoms with van der Waals surface area (Å²) in [5, 5.41) is 8.57. The van der Waals surface area contributed by atoms with E-state index in [2.05, 4.69) is 40.1 Å². The second kappa shape index (κ2) is 6.16. The molecule has 0 fully saturated rings. The average Bonchev–Trinajstić information content (AvgIpc) is 2.78. The minimum atomic E-state index is 0.204. The van der Waals surface area contributed by atoms with Crippen LogP contribution in [0.3, 0.4) is 0 Å². The molecule has 1 unspecified atom stereocenters. The Morgan fingerprint density at radius 1 is 1.42 bits per heavy atom. The SMILES string of the molecule is CCC(N)Cc1cnc(Sc2n[nH]c(C)n2)c(C)c1. The summed E-state index contributed by atoms with van der Waals surface area (Å²) in [6.07, 6.45) is 3.74. The lowest BCUT2D eigenvalue weighted by molar-refractivity contribution is 0.644. The van der Waals surface area contributed by atoms with Crippen LogP contribution in [0.2, 0.25) is 0 Å². The van der Waals surface area contributed by atoms with Crippen molar-refractivity contribution >= 4 is 11.8 Å². The Balaban J connectivity index is 2.10. The van der Waals surface area contributed by atoms with Crippen molar-refractivity contribution in [2.45, 2.75) is 49.8 Å². The van der Waals surface area contributed by atoms with Crippen LogP contribution in [-0.4, -0.2) is 26.2 Å². The van der Waals surface area contributed by atoms with Crippen molar-refractivity contribution in [3.63, 3.8) is 0 Å². The lowest BCUT2D eigenvalue weighted by Crippen LogP contribution is -2.21. The first kappa shape index (κ1) is 14.0. The van der Waals surface area contributed by atoms with Gasteiger partial charge in [0.25, 0.3) is 0 Å². The summed E-state index contributed by atoms with van der Waals surface area (Å²) in [6.45, 7) is 6.03. The number of nitrogens with zero attached hydrogens (tertiary/aromatic N) is 3. The van der Waals surface area contributed by atoms with E-state index in [1.54, 1.807) is 0 Å². The number of pyridine rings is 1. The number of aromatic nitrogens is 4. The predicted molar refractivity (Wildman–Crippen MR) is 76.2 cm³/mol. The number of nitrogens with one attached hydrogen (secondary N) is 1. The van der Waals surface area contributed by atoms with E-state index in [1.807, 2.05) is 13.1 Å². The van der Waals surface area contributed by atoms with Crippen LogP contribution in [0, 0.1) is 13.8 Å². The summed E-state index contributed by atoms with van der Waals surface area (Å²) in [5.41, 5.74) is 8.28. The number of H-pyrrole nitrogens is 1. The smallest absolute Gasteiger partial charge is 0.214 e. The van der Waals surface area contributed by atoms with E-state index in [1.165, 1.54) is 17.3 Å². The standard InChI is InChI=1S/C13H19N5S/c1-4-11(14)6-10-5-8(2)12(15-7-10)19-13-16-9(3)17-18-13/h5,7,11H,4,6,14H2,1-3H3,(H,16,17,18). The van der Waals surface area contributed by atoms with Crippen LogP contribution in [-0.2, 0) is 6.42 Å². The zero-order chi connectivity index (χ0) is 13.8. The van der Waals surface area contributed by atoms with Crippen molar-refractivity contribution in [2.24, 2.45) is 5.73 Å². The van der Waals surface area contributed by atoms with Crippen molar-refractivity contribution < 1.29 is 0 Å². The molecule has 5 nitrogen and oxygen atoms in total. The second-order valence-electron chi connectivity index (χ2n) is 4.64. The highest BCUT2D eigenvalue weighted by Gasteiger charge is 2.09. The Bertz CT molecular complexity index is 552. The average molecular weight is 277 g/mol. The van der Waals surface area contributed by atoms with Crippen molar-refractivity contribution in [3.8, 4) is 0 Å². The third kappa shape index (κ3) is 3.78. The Hall–Kier alpha value is -1.40. The molecule has 3 N–H and O–H groups in total. The van der Waals surface area contributed by atoms with Gasteiger partial charge in [-0.25, -0.2) is 9.97 Å². The van der Waals surface area contributed by atoms with Crippen LogP contribution in [0.1, 0.15) is 30.3 Å². The minimum Gasteiger partial charge on any atom is -0.327 e. The van der Waals surface area contributed by atoms with Gasteiger partial charge in [0.1, 0.15) is 10.9 Å². The quantitative estimate of drug-likeness (QED) is 0.876. The van der Waals surface area contributed by atoms with Gasteiger partial charge < -0.3 is 5.73 Å². The van der Waals surface area contributed by atoms with E-state index < -0.39 is 0 Å². The van der Waals surface area contributed by atoms with E-state index in [0.717, 1.165) is 29.3 Å². The van der Waals surface area contributed by atoms with Crippen molar-refractivity contribution in [3.05, 3.63) is 29.2 Å². The maximum atomic E-state index is 5.96. The van der Waals surface area contributed by atoms with E-state index in [-0.39, 0.29) is 6.04 Å². The minimum absolute atomic E-state index is 0.204. The van der Waals surface area contributed by atoms with Crippen LogP contribution >= 0.6 is 11.8 Å². The monoisotopic (exact) mass is 277 g/mol. The molecule has 0 aliphatic carbocycles. The molecule has 0 amide bonds. The summed E-state index contributed by atoms with van der Waals surface area (Å²) in [4.78, 5) is 8.75.